The lowest BCUT2D eigenvalue weighted by atomic mass is 10.1. The van der Waals surface area contributed by atoms with Gasteiger partial charge in [-0.3, -0.25) is 0 Å². The van der Waals surface area contributed by atoms with E-state index in [4.69, 9.17) is 5.11 Å². The molecule has 2 atom stereocenters. The zero-order valence-corrected chi connectivity index (χ0v) is 13.3. The first-order valence-corrected chi connectivity index (χ1v) is 7.34. The Bertz CT molecular complexity index is 567. The fourth-order valence-corrected chi connectivity index (χ4v) is 3.30. The molecule has 0 aromatic heterocycles. The van der Waals surface area contributed by atoms with Gasteiger partial charge in [-0.1, -0.05) is 6.07 Å². The molecule has 1 fully saturated rings. The van der Waals surface area contributed by atoms with Crippen molar-refractivity contribution in [3.8, 4) is 0 Å². The van der Waals surface area contributed by atoms with Crippen molar-refractivity contribution in [3.63, 3.8) is 0 Å². The quantitative estimate of drug-likeness (QED) is 0.756. The van der Waals surface area contributed by atoms with E-state index < -0.39 is 24.1 Å². The maximum Gasteiger partial charge on any atom is 0.326 e. The Morgan fingerprint density at radius 2 is 2.05 bits per heavy atom. The van der Waals surface area contributed by atoms with E-state index in [1.54, 1.807) is 0 Å². The molecule has 0 aliphatic carbocycles. The highest BCUT2D eigenvalue weighted by atomic mass is 79.9. The number of β-amino-alcohol motifs (C(OH)–C–C–N with tert-alkyl or cyclic N) is 1. The Hall–Kier alpha value is -1.60. The SMILES string of the molecule is Cc1cc(C)c(NC(=O)N2C[C@H](O)C[C@@H]2C(=O)O)c(Br)c1. The van der Waals surface area contributed by atoms with Crippen molar-refractivity contribution in [2.45, 2.75) is 32.4 Å². The third-order valence-electron chi connectivity index (χ3n) is 3.49. The second-order valence-corrected chi connectivity index (χ2v) is 6.12. The van der Waals surface area contributed by atoms with Gasteiger partial charge in [-0.15, -0.1) is 0 Å². The van der Waals surface area contributed by atoms with Crippen LogP contribution < -0.4 is 5.32 Å². The molecule has 1 heterocycles. The number of carboxylic acids is 1. The van der Waals surface area contributed by atoms with E-state index in [0.29, 0.717) is 5.69 Å². The number of amides is 2. The molecule has 3 N–H and O–H groups in total. The number of carbonyl (C=O) groups is 2. The van der Waals surface area contributed by atoms with Crippen LogP contribution in [0.1, 0.15) is 17.5 Å². The molecule has 1 aliphatic rings. The van der Waals surface area contributed by atoms with E-state index in [0.717, 1.165) is 20.5 Å². The van der Waals surface area contributed by atoms with E-state index in [1.165, 1.54) is 0 Å². The molecule has 114 valence electrons. The van der Waals surface area contributed by atoms with Crippen LogP contribution in [0.2, 0.25) is 0 Å². The summed E-state index contributed by atoms with van der Waals surface area (Å²) in [5.41, 5.74) is 2.54. The van der Waals surface area contributed by atoms with Gasteiger partial charge >= 0.3 is 12.0 Å². The number of likely N-dealkylation sites (tertiary alicyclic amines) is 1. The summed E-state index contributed by atoms with van der Waals surface area (Å²) in [7, 11) is 0. The second-order valence-electron chi connectivity index (χ2n) is 5.26. The lowest BCUT2D eigenvalue weighted by Gasteiger charge is -2.22. The summed E-state index contributed by atoms with van der Waals surface area (Å²) >= 11 is 3.39. The summed E-state index contributed by atoms with van der Waals surface area (Å²) in [4.78, 5) is 24.6. The van der Waals surface area contributed by atoms with E-state index in [2.05, 4.69) is 21.2 Å². The number of aliphatic carboxylic acids is 1. The van der Waals surface area contributed by atoms with Crippen molar-refractivity contribution >= 4 is 33.6 Å². The Morgan fingerprint density at radius 3 is 2.62 bits per heavy atom. The predicted molar refractivity (Wildman–Crippen MR) is 81.4 cm³/mol. The van der Waals surface area contributed by atoms with Gasteiger partial charge in [0.25, 0.3) is 0 Å². The lowest BCUT2D eigenvalue weighted by molar-refractivity contribution is -0.141. The average molecular weight is 357 g/mol. The zero-order chi connectivity index (χ0) is 15.7. The van der Waals surface area contributed by atoms with Crippen molar-refractivity contribution < 1.29 is 19.8 Å². The third kappa shape index (κ3) is 3.36. The number of anilines is 1. The zero-order valence-electron chi connectivity index (χ0n) is 11.8. The van der Waals surface area contributed by atoms with Crippen molar-refractivity contribution in [1.29, 1.82) is 0 Å². The minimum Gasteiger partial charge on any atom is -0.480 e. The molecule has 6 nitrogen and oxygen atoms in total. The number of carboxylic acid groups (broad SMARTS) is 1. The second kappa shape index (κ2) is 6.03. The summed E-state index contributed by atoms with van der Waals surface area (Å²) < 4.78 is 0.736. The monoisotopic (exact) mass is 356 g/mol. The summed E-state index contributed by atoms with van der Waals surface area (Å²) in [5, 5.41) is 21.4. The van der Waals surface area contributed by atoms with E-state index >= 15 is 0 Å². The molecule has 2 rings (SSSR count). The van der Waals surface area contributed by atoms with Crippen molar-refractivity contribution in [2.75, 3.05) is 11.9 Å². The molecule has 0 saturated carbocycles. The van der Waals surface area contributed by atoms with Crippen LogP contribution in [0.15, 0.2) is 16.6 Å². The third-order valence-corrected chi connectivity index (χ3v) is 4.11. The first-order valence-electron chi connectivity index (χ1n) is 6.55. The standard InChI is InChI=1S/C14H17BrN2O4/c1-7-3-8(2)12(10(15)4-7)16-14(21)17-6-9(18)5-11(17)13(19)20/h3-4,9,11,18H,5-6H2,1-2H3,(H,16,21)(H,19,20)/t9-,11-/m1/s1. The van der Waals surface area contributed by atoms with Gasteiger partial charge in [0, 0.05) is 17.4 Å². The van der Waals surface area contributed by atoms with Gasteiger partial charge < -0.3 is 20.4 Å². The Morgan fingerprint density at radius 1 is 1.38 bits per heavy atom. The number of aliphatic hydroxyl groups is 1. The van der Waals surface area contributed by atoms with Crippen LogP contribution in [-0.4, -0.2) is 45.8 Å². The number of halogens is 1. The highest BCUT2D eigenvalue weighted by Crippen LogP contribution is 2.29. The molecule has 21 heavy (non-hydrogen) atoms. The highest BCUT2D eigenvalue weighted by molar-refractivity contribution is 9.10. The number of aryl methyl sites for hydroxylation is 2. The number of hydrogen-bond acceptors (Lipinski definition) is 3. The number of nitrogens with one attached hydrogen (secondary N) is 1. The number of aliphatic hydroxyl groups excluding tert-OH is 1. The number of rotatable bonds is 2. The first-order chi connectivity index (χ1) is 9.79. The van der Waals surface area contributed by atoms with Crippen LogP contribution in [0, 0.1) is 13.8 Å². The molecule has 0 radical (unpaired) electrons. The van der Waals surface area contributed by atoms with Crippen molar-refractivity contribution in [1.82, 2.24) is 4.90 Å². The maximum absolute atomic E-state index is 12.3. The number of nitrogens with zero attached hydrogens (tertiary/aromatic N) is 1. The molecule has 1 saturated heterocycles. The first kappa shape index (κ1) is 15.8. The van der Waals surface area contributed by atoms with Gasteiger partial charge in [0.05, 0.1) is 11.8 Å². The largest absolute Gasteiger partial charge is 0.480 e. The van der Waals surface area contributed by atoms with Crippen LogP contribution >= 0.6 is 15.9 Å². The van der Waals surface area contributed by atoms with Gasteiger partial charge in [0.2, 0.25) is 0 Å². The van der Waals surface area contributed by atoms with E-state index in [-0.39, 0.29) is 13.0 Å². The molecule has 2 amide bonds. The van der Waals surface area contributed by atoms with Gasteiger partial charge in [0.1, 0.15) is 6.04 Å². The molecular weight excluding hydrogens is 340 g/mol. The summed E-state index contributed by atoms with van der Waals surface area (Å²) in [6, 6.07) is 2.28. The smallest absolute Gasteiger partial charge is 0.326 e. The normalized spacial score (nSPS) is 21.4. The van der Waals surface area contributed by atoms with Gasteiger partial charge in [-0.25, -0.2) is 9.59 Å². The Balaban J connectivity index is 2.20. The highest BCUT2D eigenvalue weighted by Gasteiger charge is 2.39. The molecule has 0 spiro atoms. The predicted octanol–water partition coefficient (Wildman–Crippen LogP) is 2.12. The van der Waals surface area contributed by atoms with Crippen LogP contribution in [0.3, 0.4) is 0 Å². The van der Waals surface area contributed by atoms with Crippen LogP contribution in [-0.2, 0) is 4.79 Å². The molecule has 0 unspecified atom stereocenters. The number of benzene rings is 1. The fourth-order valence-electron chi connectivity index (χ4n) is 2.53. The van der Waals surface area contributed by atoms with Crippen LogP contribution in [0.4, 0.5) is 10.5 Å². The van der Waals surface area contributed by atoms with E-state index in [9.17, 15) is 14.7 Å². The van der Waals surface area contributed by atoms with Crippen LogP contribution in [0.25, 0.3) is 0 Å². The van der Waals surface area contributed by atoms with Gasteiger partial charge in [-0.2, -0.15) is 0 Å². The Labute approximate surface area is 130 Å². The summed E-state index contributed by atoms with van der Waals surface area (Å²) in [5.74, 6) is -1.11. The summed E-state index contributed by atoms with van der Waals surface area (Å²) in [6.07, 6.45) is -0.754. The molecule has 1 aromatic rings. The molecule has 0 bridgehead atoms. The van der Waals surface area contributed by atoms with Crippen molar-refractivity contribution in [3.05, 3.63) is 27.7 Å². The minimum absolute atomic E-state index is 0.0192. The fraction of sp³-hybridized carbons (Fsp3) is 0.429. The van der Waals surface area contributed by atoms with Crippen molar-refractivity contribution in [2.24, 2.45) is 0 Å². The minimum atomic E-state index is -1.11. The lowest BCUT2D eigenvalue weighted by Crippen LogP contribution is -2.43. The average Bonchev–Trinajstić information content (AvgIpc) is 2.76. The van der Waals surface area contributed by atoms with E-state index in [1.807, 2.05) is 26.0 Å². The Kier molecular flexibility index (Phi) is 4.53. The summed E-state index contributed by atoms with van der Waals surface area (Å²) in [6.45, 7) is 3.83. The molecule has 1 aliphatic heterocycles. The topological polar surface area (TPSA) is 89.9 Å². The molecule has 7 heteroatoms. The molecule has 1 aromatic carbocycles. The van der Waals surface area contributed by atoms with Crippen LogP contribution in [0.5, 0.6) is 0 Å². The van der Waals surface area contributed by atoms with Gasteiger partial charge in [-0.05, 0) is 47.0 Å². The number of hydrogen-bond donors (Lipinski definition) is 3. The number of urea groups is 1. The number of carbonyl (C=O) groups excluding carboxylic acids is 1. The maximum atomic E-state index is 12.3. The molecular formula is C14H17BrN2O4. The van der Waals surface area contributed by atoms with Gasteiger partial charge in [0.15, 0.2) is 0 Å².